The summed E-state index contributed by atoms with van der Waals surface area (Å²) in [5, 5.41) is 0. The Morgan fingerprint density at radius 3 is 2.03 bits per heavy atom. The summed E-state index contributed by atoms with van der Waals surface area (Å²) in [5.41, 5.74) is -0.0740. The lowest BCUT2D eigenvalue weighted by Gasteiger charge is -2.41. The van der Waals surface area contributed by atoms with E-state index in [1.54, 1.807) is 37.3 Å². The van der Waals surface area contributed by atoms with Crippen LogP contribution in [0.15, 0.2) is 18.2 Å². The molecule has 1 saturated heterocycles. The summed E-state index contributed by atoms with van der Waals surface area (Å²) in [7, 11) is 3.31. The van der Waals surface area contributed by atoms with E-state index in [9.17, 15) is 9.59 Å². The molecule has 0 unspecified atom stereocenters. The SMILES string of the molecule is COCCCOc1cc(OCCCOC)cc(C(=O)N(C(C)C)[C@@H]2CCCN(C(=O)OC(C)(C)C)C2)c1. The van der Waals surface area contributed by atoms with Crippen molar-refractivity contribution in [2.24, 2.45) is 0 Å². The van der Waals surface area contributed by atoms with E-state index in [4.69, 9.17) is 23.7 Å². The van der Waals surface area contributed by atoms with Gasteiger partial charge in [-0.1, -0.05) is 0 Å². The summed E-state index contributed by atoms with van der Waals surface area (Å²) < 4.78 is 27.6. The number of benzene rings is 1. The van der Waals surface area contributed by atoms with Gasteiger partial charge >= 0.3 is 6.09 Å². The van der Waals surface area contributed by atoms with Crippen LogP contribution in [0, 0.1) is 0 Å². The van der Waals surface area contributed by atoms with E-state index < -0.39 is 5.60 Å². The van der Waals surface area contributed by atoms with Gasteiger partial charge in [-0.15, -0.1) is 0 Å². The van der Waals surface area contributed by atoms with Gasteiger partial charge < -0.3 is 33.5 Å². The third kappa shape index (κ3) is 10.4. The molecule has 0 aromatic heterocycles. The second-order valence-electron chi connectivity index (χ2n) is 10.6. The lowest BCUT2D eigenvalue weighted by Crippen LogP contribution is -2.54. The summed E-state index contributed by atoms with van der Waals surface area (Å²) in [5.74, 6) is 1.04. The number of hydrogen-bond donors (Lipinski definition) is 0. The highest BCUT2D eigenvalue weighted by molar-refractivity contribution is 5.95. The summed E-state index contributed by atoms with van der Waals surface area (Å²) in [6, 6.07) is 5.16. The molecule has 2 amide bonds. The molecule has 0 N–H and O–H groups in total. The number of methoxy groups -OCH3 is 2. The van der Waals surface area contributed by atoms with Crippen molar-refractivity contribution in [1.82, 2.24) is 9.80 Å². The van der Waals surface area contributed by atoms with Crippen LogP contribution in [0.5, 0.6) is 11.5 Å². The molecule has 1 atom stereocenters. The highest BCUT2D eigenvalue weighted by Gasteiger charge is 2.34. The zero-order chi connectivity index (χ0) is 27.4. The molecule has 2 rings (SSSR count). The number of carbonyl (C=O) groups is 2. The fraction of sp³-hybridized carbons (Fsp3) is 0.714. The lowest BCUT2D eigenvalue weighted by molar-refractivity contribution is 0.00751. The Kier molecular flexibility index (Phi) is 12.5. The number of likely N-dealkylation sites (tertiary alicyclic amines) is 1. The zero-order valence-electron chi connectivity index (χ0n) is 23.7. The lowest BCUT2D eigenvalue weighted by atomic mass is 10.0. The van der Waals surface area contributed by atoms with Crippen molar-refractivity contribution in [2.75, 3.05) is 53.7 Å². The van der Waals surface area contributed by atoms with Crippen LogP contribution in [0.4, 0.5) is 4.79 Å². The van der Waals surface area contributed by atoms with E-state index >= 15 is 0 Å². The normalized spacial score (nSPS) is 16.0. The van der Waals surface area contributed by atoms with Gasteiger partial charge in [-0.2, -0.15) is 0 Å². The first-order valence-corrected chi connectivity index (χ1v) is 13.2. The number of carbonyl (C=O) groups excluding carboxylic acids is 2. The Hall–Kier alpha value is -2.52. The summed E-state index contributed by atoms with van der Waals surface area (Å²) in [6.45, 7) is 12.7. The van der Waals surface area contributed by atoms with Gasteiger partial charge in [0.2, 0.25) is 0 Å². The van der Waals surface area contributed by atoms with Gasteiger partial charge in [0.05, 0.1) is 19.3 Å². The van der Waals surface area contributed by atoms with Crippen molar-refractivity contribution < 1.29 is 33.3 Å². The minimum atomic E-state index is -0.569. The van der Waals surface area contributed by atoms with Crippen molar-refractivity contribution in [3.8, 4) is 11.5 Å². The number of nitrogens with zero attached hydrogens (tertiary/aromatic N) is 2. The molecule has 1 fully saturated rings. The van der Waals surface area contributed by atoms with Crippen molar-refractivity contribution in [3.63, 3.8) is 0 Å². The third-order valence-electron chi connectivity index (χ3n) is 5.88. The average Bonchev–Trinajstić information content (AvgIpc) is 2.83. The van der Waals surface area contributed by atoms with Gasteiger partial charge in [0, 0.05) is 71.0 Å². The van der Waals surface area contributed by atoms with E-state index in [2.05, 4.69) is 0 Å². The quantitative estimate of drug-likeness (QED) is 0.345. The molecule has 0 aliphatic carbocycles. The van der Waals surface area contributed by atoms with Crippen molar-refractivity contribution in [1.29, 1.82) is 0 Å². The average molecular weight is 523 g/mol. The summed E-state index contributed by atoms with van der Waals surface area (Å²) >= 11 is 0. The number of amides is 2. The highest BCUT2D eigenvalue weighted by Crippen LogP contribution is 2.28. The molecule has 1 aliphatic rings. The first-order chi connectivity index (χ1) is 17.6. The smallest absolute Gasteiger partial charge is 0.410 e. The van der Waals surface area contributed by atoms with Gasteiger partial charge in [0.15, 0.2) is 0 Å². The minimum Gasteiger partial charge on any atom is -0.493 e. The number of ether oxygens (including phenoxy) is 5. The Labute approximate surface area is 222 Å². The van der Waals surface area contributed by atoms with Crippen LogP contribution in [0.1, 0.15) is 70.7 Å². The van der Waals surface area contributed by atoms with Gasteiger partial charge in [-0.25, -0.2) is 4.79 Å². The molecule has 0 radical (unpaired) electrons. The molecule has 1 aromatic rings. The molecule has 1 aromatic carbocycles. The molecule has 9 nitrogen and oxygen atoms in total. The molecule has 0 saturated carbocycles. The van der Waals surface area contributed by atoms with Gasteiger partial charge in [-0.05, 0) is 59.6 Å². The molecule has 37 heavy (non-hydrogen) atoms. The predicted octanol–water partition coefficient (Wildman–Crippen LogP) is 4.77. The van der Waals surface area contributed by atoms with Gasteiger partial charge in [0.25, 0.3) is 5.91 Å². The summed E-state index contributed by atoms with van der Waals surface area (Å²) in [4.78, 5) is 30.2. The molecule has 0 bridgehead atoms. The van der Waals surface area contributed by atoms with E-state index in [0.717, 1.165) is 25.7 Å². The molecule has 1 aliphatic heterocycles. The maximum absolute atomic E-state index is 13.9. The number of hydrogen-bond acceptors (Lipinski definition) is 7. The Balaban J connectivity index is 2.24. The number of rotatable bonds is 13. The second kappa shape index (κ2) is 15.0. The molecular weight excluding hydrogens is 476 g/mol. The Bertz CT molecular complexity index is 823. The standard InChI is InChI=1S/C28H46N2O7/c1-21(2)30(23-11-8-12-29(20-23)27(32)37-28(3,4)5)26(31)22-17-24(35-15-9-13-33-6)19-25(18-22)36-16-10-14-34-7/h17-19,21,23H,8-16,20H2,1-7H3/t23-/m1/s1. The van der Waals surface area contributed by atoms with E-state index in [1.807, 2.05) is 39.5 Å². The topological polar surface area (TPSA) is 86.8 Å². The highest BCUT2D eigenvalue weighted by atomic mass is 16.6. The summed E-state index contributed by atoms with van der Waals surface area (Å²) in [6.07, 6.45) is 2.75. The monoisotopic (exact) mass is 522 g/mol. The minimum absolute atomic E-state index is 0.0616. The van der Waals surface area contributed by atoms with Crippen LogP contribution in [-0.2, 0) is 14.2 Å². The van der Waals surface area contributed by atoms with Gasteiger partial charge in [-0.3, -0.25) is 4.79 Å². The predicted molar refractivity (Wildman–Crippen MR) is 143 cm³/mol. The molecule has 210 valence electrons. The molecule has 9 heteroatoms. The van der Waals surface area contributed by atoms with Crippen LogP contribution in [-0.4, -0.2) is 93.2 Å². The molecule has 1 heterocycles. The van der Waals surface area contributed by atoms with E-state index in [-0.39, 0.29) is 24.1 Å². The third-order valence-corrected chi connectivity index (χ3v) is 5.88. The fourth-order valence-electron chi connectivity index (χ4n) is 4.29. The first-order valence-electron chi connectivity index (χ1n) is 13.2. The first kappa shape index (κ1) is 30.7. The molecular formula is C28H46N2O7. The maximum Gasteiger partial charge on any atom is 0.410 e. The maximum atomic E-state index is 13.9. The van der Waals surface area contributed by atoms with Crippen LogP contribution < -0.4 is 9.47 Å². The van der Waals surface area contributed by atoms with Crippen molar-refractivity contribution in [2.45, 2.75) is 78.0 Å². The van der Waals surface area contributed by atoms with E-state index in [1.165, 1.54) is 0 Å². The van der Waals surface area contributed by atoms with Crippen LogP contribution >= 0.6 is 0 Å². The zero-order valence-corrected chi connectivity index (χ0v) is 23.7. The van der Waals surface area contributed by atoms with Crippen LogP contribution in [0.2, 0.25) is 0 Å². The Morgan fingerprint density at radius 2 is 1.54 bits per heavy atom. The molecule has 0 spiro atoms. The Morgan fingerprint density at radius 1 is 0.973 bits per heavy atom. The fourth-order valence-corrected chi connectivity index (χ4v) is 4.29. The van der Waals surface area contributed by atoms with Gasteiger partial charge in [0.1, 0.15) is 17.1 Å². The van der Waals surface area contributed by atoms with Crippen molar-refractivity contribution in [3.05, 3.63) is 23.8 Å². The largest absolute Gasteiger partial charge is 0.493 e. The number of piperidine rings is 1. The van der Waals surface area contributed by atoms with Crippen molar-refractivity contribution >= 4 is 12.0 Å². The van der Waals surface area contributed by atoms with E-state index in [0.29, 0.717) is 56.6 Å². The van der Waals surface area contributed by atoms with Crippen LogP contribution in [0.3, 0.4) is 0 Å². The van der Waals surface area contributed by atoms with Crippen LogP contribution in [0.25, 0.3) is 0 Å². The second-order valence-corrected chi connectivity index (χ2v) is 10.6.